The van der Waals surface area contributed by atoms with Crippen molar-refractivity contribution < 1.29 is 14.3 Å². The average molecular weight is 423 g/mol. The third kappa shape index (κ3) is 4.94. The monoisotopic (exact) mass is 422 g/mol. The highest BCUT2D eigenvalue weighted by Crippen LogP contribution is 2.37. The number of likely N-dealkylation sites (N-methyl/N-ethyl adjacent to an activating group) is 1. The summed E-state index contributed by atoms with van der Waals surface area (Å²) in [7, 11) is 2.17. The zero-order chi connectivity index (χ0) is 22.0. The van der Waals surface area contributed by atoms with Gasteiger partial charge in [-0.3, -0.25) is 4.79 Å². The van der Waals surface area contributed by atoms with Gasteiger partial charge in [-0.05, 0) is 70.0 Å². The number of piperidine rings is 1. The maximum atomic E-state index is 13.1. The Labute approximate surface area is 185 Å². The Morgan fingerprint density at radius 1 is 1.13 bits per heavy atom. The minimum absolute atomic E-state index is 0.0818. The first-order chi connectivity index (χ1) is 14.8. The van der Waals surface area contributed by atoms with Crippen LogP contribution in [0.5, 0.6) is 5.75 Å². The van der Waals surface area contributed by atoms with E-state index in [1.54, 1.807) is 0 Å². The second kappa shape index (κ2) is 9.01. The summed E-state index contributed by atoms with van der Waals surface area (Å²) in [4.78, 5) is 17.5. The lowest BCUT2D eigenvalue weighted by molar-refractivity contribution is -0.171. The largest absolute Gasteiger partial charge is 0.491 e. The molecule has 0 radical (unpaired) electrons. The highest BCUT2D eigenvalue weighted by molar-refractivity contribution is 5.94. The van der Waals surface area contributed by atoms with Crippen molar-refractivity contribution >= 4 is 5.91 Å². The molecule has 1 amide bonds. The standard InChI is InChI=1S/C26H34N2O3/c1-19(2)30-23-11-10-22(16-20(23)3)25(29)28-14-12-26(13-15-28)18-27(4)17-24(31-26)21-8-6-5-7-9-21/h5-11,16,19,24H,12-15,17-18H2,1-4H3. The molecular weight excluding hydrogens is 388 g/mol. The lowest BCUT2D eigenvalue weighted by Crippen LogP contribution is -2.57. The summed E-state index contributed by atoms with van der Waals surface area (Å²) in [6.07, 6.45) is 1.92. The molecule has 2 fully saturated rings. The number of nitrogens with zero attached hydrogens (tertiary/aromatic N) is 2. The first-order valence-electron chi connectivity index (χ1n) is 11.3. The van der Waals surface area contributed by atoms with Gasteiger partial charge in [0, 0.05) is 31.7 Å². The molecule has 2 saturated heterocycles. The fourth-order valence-corrected chi connectivity index (χ4v) is 4.80. The SMILES string of the molecule is Cc1cc(C(=O)N2CCC3(CC2)CN(C)CC(c2ccccc2)O3)ccc1OC(C)C. The van der Waals surface area contributed by atoms with E-state index in [2.05, 4.69) is 36.2 Å². The number of carbonyl (C=O) groups is 1. The quantitative estimate of drug-likeness (QED) is 0.730. The van der Waals surface area contributed by atoms with Crippen molar-refractivity contribution in [3.8, 4) is 5.75 Å². The van der Waals surface area contributed by atoms with Crippen LogP contribution >= 0.6 is 0 Å². The molecule has 2 aliphatic rings. The van der Waals surface area contributed by atoms with Gasteiger partial charge in [-0.25, -0.2) is 0 Å². The second-order valence-electron chi connectivity index (χ2n) is 9.34. The van der Waals surface area contributed by atoms with Crippen LogP contribution in [0.15, 0.2) is 48.5 Å². The molecule has 5 nitrogen and oxygen atoms in total. The summed E-state index contributed by atoms with van der Waals surface area (Å²) in [6.45, 7) is 9.27. The minimum Gasteiger partial charge on any atom is -0.491 e. The lowest BCUT2D eigenvalue weighted by atomic mass is 9.87. The van der Waals surface area contributed by atoms with Crippen molar-refractivity contribution in [1.82, 2.24) is 9.80 Å². The molecule has 2 heterocycles. The third-order valence-corrected chi connectivity index (χ3v) is 6.35. The van der Waals surface area contributed by atoms with E-state index in [1.807, 2.05) is 49.9 Å². The molecule has 0 N–H and O–H groups in total. The van der Waals surface area contributed by atoms with E-state index >= 15 is 0 Å². The number of ether oxygens (including phenoxy) is 2. The summed E-state index contributed by atoms with van der Waals surface area (Å²) in [6, 6.07) is 16.2. The molecule has 1 atom stereocenters. The zero-order valence-corrected chi connectivity index (χ0v) is 19.1. The maximum absolute atomic E-state index is 13.1. The highest BCUT2D eigenvalue weighted by atomic mass is 16.5. The number of likely N-dealkylation sites (tertiary alicyclic amines) is 1. The number of amides is 1. The Balaban J connectivity index is 1.42. The maximum Gasteiger partial charge on any atom is 0.253 e. The van der Waals surface area contributed by atoms with Crippen molar-refractivity contribution in [2.24, 2.45) is 0 Å². The van der Waals surface area contributed by atoms with Crippen molar-refractivity contribution in [2.45, 2.75) is 51.4 Å². The van der Waals surface area contributed by atoms with Gasteiger partial charge < -0.3 is 19.3 Å². The van der Waals surface area contributed by atoms with Crippen molar-refractivity contribution in [3.05, 3.63) is 65.2 Å². The molecule has 5 heteroatoms. The summed E-state index contributed by atoms with van der Waals surface area (Å²) in [5, 5.41) is 0. The van der Waals surface area contributed by atoms with Crippen LogP contribution in [0, 0.1) is 6.92 Å². The van der Waals surface area contributed by atoms with Crippen molar-refractivity contribution in [3.63, 3.8) is 0 Å². The average Bonchev–Trinajstić information content (AvgIpc) is 2.75. The number of aryl methyl sites for hydroxylation is 1. The predicted molar refractivity (Wildman–Crippen MR) is 123 cm³/mol. The number of benzene rings is 2. The van der Waals surface area contributed by atoms with Gasteiger partial charge in [0.2, 0.25) is 0 Å². The van der Waals surface area contributed by atoms with E-state index in [9.17, 15) is 4.79 Å². The molecular formula is C26H34N2O3. The molecule has 2 aromatic rings. The third-order valence-electron chi connectivity index (χ3n) is 6.35. The Bertz CT molecular complexity index is 904. The van der Waals surface area contributed by atoms with E-state index in [1.165, 1.54) is 5.56 Å². The van der Waals surface area contributed by atoms with Gasteiger partial charge in [-0.2, -0.15) is 0 Å². The second-order valence-corrected chi connectivity index (χ2v) is 9.34. The molecule has 31 heavy (non-hydrogen) atoms. The van der Waals surface area contributed by atoms with Crippen LogP contribution in [0.3, 0.4) is 0 Å². The Morgan fingerprint density at radius 2 is 1.84 bits per heavy atom. The van der Waals surface area contributed by atoms with Crippen LogP contribution in [0.2, 0.25) is 0 Å². The van der Waals surface area contributed by atoms with E-state index < -0.39 is 0 Å². The summed E-state index contributed by atoms with van der Waals surface area (Å²) in [5.74, 6) is 0.938. The molecule has 2 aliphatic heterocycles. The molecule has 166 valence electrons. The summed E-state index contributed by atoms with van der Waals surface area (Å²) >= 11 is 0. The van der Waals surface area contributed by atoms with Crippen LogP contribution in [0.25, 0.3) is 0 Å². The van der Waals surface area contributed by atoms with Crippen molar-refractivity contribution in [1.29, 1.82) is 0 Å². The van der Waals surface area contributed by atoms with Crippen LogP contribution < -0.4 is 4.74 Å². The van der Waals surface area contributed by atoms with E-state index in [4.69, 9.17) is 9.47 Å². The molecule has 0 saturated carbocycles. The normalized spacial score (nSPS) is 21.5. The van der Waals surface area contributed by atoms with Gasteiger partial charge in [0.25, 0.3) is 5.91 Å². The Kier molecular flexibility index (Phi) is 6.35. The van der Waals surface area contributed by atoms with Gasteiger partial charge in [0.1, 0.15) is 5.75 Å². The molecule has 1 spiro atoms. The van der Waals surface area contributed by atoms with Crippen LogP contribution in [-0.2, 0) is 4.74 Å². The van der Waals surface area contributed by atoms with Crippen LogP contribution in [0.4, 0.5) is 0 Å². The first-order valence-corrected chi connectivity index (χ1v) is 11.3. The predicted octanol–water partition coefficient (Wildman–Crippen LogP) is 4.46. The molecule has 0 aliphatic carbocycles. The minimum atomic E-state index is -0.185. The number of morpholine rings is 1. The van der Waals surface area contributed by atoms with Crippen LogP contribution in [-0.4, -0.2) is 60.6 Å². The molecule has 2 aromatic carbocycles. The molecule has 1 unspecified atom stereocenters. The van der Waals surface area contributed by atoms with Crippen LogP contribution in [0.1, 0.15) is 54.3 Å². The topological polar surface area (TPSA) is 42.0 Å². The molecule has 4 rings (SSSR count). The zero-order valence-electron chi connectivity index (χ0n) is 19.1. The van der Waals surface area contributed by atoms with Gasteiger partial charge >= 0.3 is 0 Å². The van der Waals surface area contributed by atoms with Gasteiger partial charge in [0.15, 0.2) is 0 Å². The Hall–Kier alpha value is -2.37. The van der Waals surface area contributed by atoms with Gasteiger partial charge in [-0.15, -0.1) is 0 Å². The number of hydrogen-bond acceptors (Lipinski definition) is 4. The number of hydrogen-bond donors (Lipinski definition) is 0. The fourth-order valence-electron chi connectivity index (χ4n) is 4.80. The Morgan fingerprint density at radius 3 is 2.48 bits per heavy atom. The first kappa shape index (κ1) is 21.8. The molecule has 0 bridgehead atoms. The highest BCUT2D eigenvalue weighted by Gasteiger charge is 2.43. The van der Waals surface area contributed by atoms with E-state index in [0.29, 0.717) is 0 Å². The fraction of sp³-hybridized carbons (Fsp3) is 0.500. The lowest BCUT2D eigenvalue weighted by Gasteiger charge is -2.49. The van der Waals surface area contributed by atoms with Gasteiger partial charge in [0.05, 0.1) is 17.8 Å². The summed E-state index contributed by atoms with van der Waals surface area (Å²) in [5.41, 5.74) is 2.77. The van der Waals surface area contributed by atoms with E-state index in [-0.39, 0.29) is 23.7 Å². The van der Waals surface area contributed by atoms with E-state index in [0.717, 1.165) is 55.9 Å². The smallest absolute Gasteiger partial charge is 0.253 e. The van der Waals surface area contributed by atoms with Gasteiger partial charge in [-0.1, -0.05) is 30.3 Å². The number of rotatable bonds is 4. The summed E-state index contributed by atoms with van der Waals surface area (Å²) < 4.78 is 12.5. The molecule has 0 aromatic heterocycles. The van der Waals surface area contributed by atoms with Crippen molar-refractivity contribution in [2.75, 3.05) is 33.2 Å². The number of carbonyl (C=O) groups excluding carboxylic acids is 1.